The van der Waals surface area contributed by atoms with Crippen molar-refractivity contribution >= 4 is 40.3 Å². The maximum atomic E-state index is 12.7. The Morgan fingerprint density at radius 1 is 0.763 bits per heavy atom. The molecule has 0 unspecified atom stereocenters. The molecule has 1 aromatic heterocycles. The number of nitrogens with zero attached hydrogens (tertiary/aromatic N) is 1. The second-order valence-corrected chi connectivity index (χ2v) is 9.51. The highest BCUT2D eigenvalue weighted by molar-refractivity contribution is 6.05. The monoisotopic (exact) mass is 509 g/mol. The quantitative estimate of drug-likeness (QED) is 0.225. The summed E-state index contributed by atoms with van der Waals surface area (Å²) < 4.78 is 0. The van der Waals surface area contributed by atoms with Crippen LogP contribution in [0.25, 0.3) is 0 Å². The number of carbonyl (C=O) groups is 2. The summed E-state index contributed by atoms with van der Waals surface area (Å²) in [6.07, 6.45) is 4.81. The van der Waals surface area contributed by atoms with Crippen molar-refractivity contribution in [2.45, 2.75) is 25.9 Å². The van der Waals surface area contributed by atoms with E-state index in [0.717, 1.165) is 48.6 Å². The fourth-order valence-corrected chi connectivity index (χ4v) is 4.48. The number of amides is 2. The summed E-state index contributed by atoms with van der Waals surface area (Å²) in [6.45, 7) is 3.53. The van der Waals surface area contributed by atoms with Gasteiger partial charge >= 0.3 is 0 Å². The van der Waals surface area contributed by atoms with E-state index in [2.05, 4.69) is 25.8 Å². The van der Waals surface area contributed by atoms with Crippen LogP contribution in [0.1, 0.15) is 39.1 Å². The minimum atomic E-state index is -0.211. The molecule has 0 aliphatic carbocycles. The number of rotatable bonds is 7. The Balaban J connectivity index is 1.13. The van der Waals surface area contributed by atoms with E-state index in [1.165, 1.54) is 0 Å². The Labute approximate surface area is 221 Å². The van der Waals surface area contributed by atoms with Crippen LogP contribution in [0.15, 0.2) is 85.2 Å². The van der Waals surface area contributed by atoms with Crippen molar-refractivity contribution in [1.29, 1.82) is 0 Å². The average Bonchev–Trinajstić information content (AvgIpc) is 3.37. The minimum absolute atomic E-state index is 0.152. The molecule has 4 aromatic rings. The molecule has 1 fully saturated rings. The van der Waals surface area contributed by atoms with E-state index >= 15 is 0 Å². The van der Waals surface area contributed by atoms with Crippen molar-refractivity contribution in [1.82, 2.24) is 4.98 Å². The molecule has 0 bridgehead atoms. The SMILES string of the molecule is Cc1c[nH]cc1C(=O)Nc1ccc(Nc2ccc(NC(=O)c3ccc(N4CCC(O)CC4)cc3)cc2)cc1. The first kappa shape index (κ1) is 25.1. The van der Waals surface area contributed by atoms with Gasteiger partial charge in [-0.05, 0) is 98.1 Å². The number of benzene rings is 3. The number of aromatic amines is 1. The van der Waals surface area contributed by atoms with E-state index in [1.807, 2.05) is 79.7 Å². The summed E-state index contributed by atoms with van der Waals surface area (Å²) in [5.74, 6) is -0.320. The summed E-state index contributed by atoms with van der Waals surface area (Å²) in [6, 6.07) is 22.5. The number of piperidine rings is 1. The zero-order valence-corrected chi connectivity index (χ0v) is 21.2. The van der Waals surface area contributed by atoms with Crippen LogP contribution in [-0.4, -0.2) is 41.1 Å². The number of anilines is 5. The van der Waals surface area contributed by atoms with E-state index in [-0.39, 0.29) is 17.9 Å². The van der Waals surface area contributed by atoms with Gasteiger partial charge in [-0.2, -0.15) is 0 Å². The largest absolute Gasteiger partial charge is 0.393 e. The normalized spacial score (nSPS) is 13.7. The lowest BCUT2D eigenvalue weighted by atomic mass is 10.1. The predicted octanol–water partition coefficient (Wildman–Crippen LogP) is 5.53. The molecule has 0 atom stereocenters. The Kier molecular flexibility index (Phi) is 7.42. The molecule has 38 heavy (non-hydrogen) atoms. The van der Waals surface area contributed by atoms with Gasteiger partial charge in [0.05, 0.1) is 11.7 Å². The molecule has 0 spiro atoms. The van der Waals surface area contributed by atoms with Crippen molar-refractivity contribution < 1.29 is 14.7 Å². The molecule has 194 valence electrons. The third-order valence-electron chi connectivity index (χ3n) is 6.73. The molecule has 2 heterocycles. The van der Waals surface area contributed by atoms with E-state index in [4.69, 9.17) is 0 Å². The number of aliphatic hydroxyl groups excluding tert-OH is 1. The maximum Gasteiger partial charge on any atom is 0.257 e. The summed E-state index contributed by atoms with van der Waals surface area (Å²) in [5, 5.41) is 18.9. The van der Waals surface area contributed by atoms with Crippen molar-refractivity contribution in [3.63, 3.8) is 0 Å². The number of aryl methyl sites for hydroxylation is 1. The lowest BCUT2D eigenvalue weighted by Gasteiger charge is -2.31. The summed E-state index contributed by atoms with van der Waals surface area (Å²) in [5.41, 5.74) is 6.33. The Hall–Kier alpha value is -4.56. The van der Waals surface area contributed by atoms with Gasteiger partial charge in [-0.15, -0.1) is 0 Å². The molecule has 8 heteroatoms. The standard InChI is InChI=1S/C30H31N5O3/c1-20-18-31-19-28(20)30(38)34-25-10-6-23(7-11-25)32-22-4-8-24(9-5-22)33-29(37)21-2-12-26(13-3-21)35-16-14-27(36)15-17-35/h2-13,18-19,27,31-32,36H,14-17H2,1H3,(H,33,37)(H,34,38). The average molecular weight is 510 g/mol. The molecule has 0 saturated carbocycles. The van der Waals surface area contributed by atoms with Crippen LogP contribution < -0.4 is 20.9 Å². The maximum absolute atomic E-state index is 12.7. The predicted molar refractivity (Wildman–Crippen MR) is 151 cm³/mol. The van der Waals surface area contributed by atoms with Crippen LogP contribution in [0.5, 0.6) is 0 Å². The zero-order chi connectivity index (χ0) is 26.5. The number of H-pyrrole nitrogens is 1. The lowest BCUT2D eigenvalue weighted by Crippen LogP contribution is -2.35. The van der Waals surface area contributed by atoms with Crippen LogP contribution in [0.4, 0.5) is 28.4 Å². The summed E-state index contributed by atoms with van der Waals surface area (Å²) in [4.78, 5) is 30.3. The second kappa shape index (κ2) is 11.2. The highest BCUT2D eigenvalue weighted by Crippen LogP contribution is 2.23. The molecule has 8 nitrogen and oxygen atoms in total. The van der Waals surface area contributed by atoms with Gasteiger partial charge in [0, 0.05) is 59.5 Å². The Bertz CT molecular complexity index is 1390. The highest BCUT2D eigenvalue weighted by atomic mass is 16.3. The van der Waals surface area contributed by atoms with Crippen LogP contribution in [0.2, 0.25) is 0 Å². The van der Waals surface area contributed by atoms with Crippen LogP contribution in [-0.2, 0) is 0 Å². The summed E-state index contributed by atoms with van der Waals surface area (Å²) >= 11 is 0. The van der Waals surface area contributed by atoms with Crippen molar-refractivity contribution in [3.8, 4) is 0 Å². The first-order valence-corrected chi connectivity index (χ1v) is 12.7. The molecule has 0 radical (unpaired) electrons. The zero-order valence-electron chi connectivity index (χ0n) is 21.2. The first-order chi connectivity index (χ1) is 18.4. The minimum Gasteiger partial charge on any atom is -0.393 e. The van der Waals surface area contributed by atoms with E-state index in [1.54, 1.807) is 12.4 Å². The van der Waals surface area contributed by atoms with E-state index in [9.17, 15) is 14.7 Å². The third-order valence-corrected chi connectivity index (χ3v) is 6.73. The highest BCUT2D eigenvalue weighted by Gasteiger charge is 2.17. The fraction of sp³-hybridized carbons (Fsp3) is 0.200. The number of aliphatic hydroxyl groups is 1. The first-order valence-electron chi connectivity index (χ1n) is 12.7. The number of carbonyl (C=O) groups excluding carboxylic acids is 2. The van der Waals surface area contributed by atoms with E-state index < -0.39 is 0 Å². The fourth-order valence-electron chi connectivity index (χ4n) is 4.48. The molecule has 5 rings (SSSR count). The van der Waals surface area contributed by atoms with Gasteiger partial charge in [-0.1, -0.05) is 0 Å². The van der Waals surface area contributed by atoms with Crippen molar-refractivity contribution in [3.05, 3.63) is 102 Å². The number of hydrogen-bond acceptors (Lipinski definition) is 5. The topological polar surface area (TPSA) is 109 Å². The van der Waals surface area contributed by atoms with Crippen LogP contribution in [0.3, 0.4) is 0 Å². The Morgan fingerprint density at radius 3 is 1.82 bits per heavy atom. The second-order valence-electron chi connectivity index (χ2n) is 9.51. The molecule has 1 aliphatic rings. The molecule has 5 N–H and O–H groups in total. The molecular formula is C30H31N5O3. The van der Waals surface area contributed by atoms with Crippen LogP contribution in [0, 0.1) is 6.92 Å². The van der Waals surface area contributed by atoms with E-state index in [0.29, 0.717) is 22.5 Å². The molecule has 1 aliphatic heterocycles. The lowest BCUT2D eigenvalue weighted by molar-refractivity contribution is 0.101. The third kappa shape index (κ3) is 6.04. The number of aromatic nitrogens is 1. The molecular weight excluding hydrogens is 478 g/mol. The number of nitrogens with one attached hydrogen (secondary N) is 4. The summed E-state index contributed by atoms with van der Waals surface area (Å²) in [7, 11) is 0. The van der Waals surface area contributed by atoms with Gasteiger partial charge in [0.25, 0.3) is 11.8 Å². The molecule has 2 amide bonds. The van der Waals surface area contributed by atoms with Gasteiger partial charge in [-0.3, -0.25) is 9.59 Å². The van der Waals surface area contributed by atoms with Crippen molar-refractivity contribution in [2.75, 3.05) is 33.9 Å². The molecule has 3 aromatic carbocycles. The van der Waals surface area contributed by atoms with Gasteiger partial charge in [0.2, 0.25) is 0 Å². The smallest absolute Gasteiger partial charge is 0.257 e. The molecule has 1 saturated heterocycles. The van der Waals surface area contributed by atoms with Gasteiger partial charge in [0.15, 0.2) is 0 Å². The van der Waals surface area contributed by atoms with Gasteiger partial charge in [0.1, 0.15) is 0 Å². The van der Waals surface area contributed by atoms with Gasteiger partial charge < -0.3 is 30.9 Å². The van der Waals surface area contributed by atoms with Crippen molar-refractivity contribution in [2.24, 2.45) is 0 Å². The van der Waals surface area contributed by atoms with Crippen LogP contribution >= 0.6 is 0 Å². The Morgan fingerprint density at radius 2 is 1.29 bits per heavy atom. The van der Waals surface area contributed by atoms with Gasteiger partial charge in [-0.25, -0.2) is 0 Å². The number of hydrogen-bond donors (Lipinski definition) is 5.